The van der Waals surface area contributed by atoms with E-state index in [1.165, 1.54) is 16.8 Å². The summed E-state index contributed by atoms with van der Waals surface area (Å²) in [5, 5.41) is 3.50. The molecule has 1 amide bonds. The summed E-state index contributed by atoms with van der Waals surface area (Å²) in [4.78, 5) is 49.2. The molecule has 2 aromatic carbocycles. The van der Waals surface area contributed by atoms with Crippen LogP contribution < -0.4 is 20.3 Å². The van der Waals surface area contributed by atoms with Crippen molar-refractivity contribution in [3.63, 3.8) is 0 Å². The Kier molecular flexibility index (Phi) is 6.78. The number of carbonyl (C=O) groups excluding carboxylic acids is 2. The number of hydrogen-bond acceptors (Lipinski definition) is 7. The normalized spacial score (nSPS) is 13.8. The number of benzene rings is 2. The minimum atomic E-state index is -0.654. The first-order valence-electron chi connectivity index (χ1n) is 13.5. The number of pyridine rings is 3. The second-order valence-electron chi connectivity index (χ2n) is 10.7. The summed E-state index contributed by atoms with van der Waals surface area (Å²) >= 11 is 0. The fraction of sp³-hybridized carbons (Fsp3) is 0.182. The number of ketones is 1. The van der Waals surface area contributed by atoms with E-state index in [4.69, 9.17) is 9.47 Å². The van der Waals surface area contributed by atoms with E-state index in [1.807, 2.05) is 50.2 Å². The largest absolute Gasteiger partial charge is 0.497 e. The smallest absolute Gasteiger partial charge is 0.268 e. The minimum Gasteiger partial charge on any atom is -0.497 e. The summed E-state index contributed by atoms with van der Waals surface area (Å²) in [6.07, 6.45) is 4.28. The van der Waals surface area contributed by atoms with Gasteiger partial charge in [-0.25, -0.2) is 4.98 Å². The molecule has 0 fully saturated rings. The Hall–Kier alpha value is -5.31. The summed E-state index contributed by atoms with van der Waals surface area (Å²) in [6.45, 7) is 3.77. The van der Waals surface area contributed by atoms with Gasteiger partial charge in [-0.15, -0.1) is 0 Å². The maximum absolute atomic E-state index is 13.7. The molecule has 1 N–H and O–H groups in total. The first-order chi connectivity index (χ1) is 20.2. The van der Waals surface area contributed by atoms with Crippen LogP contribution >= 0.6 is 0 Å². The number of nitrogens with one attached hydrogen (secondary N) is 1. The zero-order valence-corrected chi connectivity index (χ0v) is 23.4. The number of ether oxygens (including phenoxy) is 2. The number of rotatable bonds is 6. The van der Waals surface area contributed by atoms with Gasteiger partial charge in [0, 0.05) is 40.0 Å². The highest BCUT2D eigenvalue weighted by molar-refractivity contribution is 6.07. The van der Waals surface area contributed by atoms with Crippen LogP contribution in [-0.2, 0) is 6.42 Å². The number of para-hydroxylation sites is 1. The number of Topliss-reactive ketones (excluding diaryl/α,β-unsaturated/α-hetero) is 1. The van der Waals surface area contributed by atoms with E-state index in [0.717, 1.165) is 10.9 Å². The van der Waals surface area contributed by atoms with Crippen molar-refractivity contribution in [3.8, 4) is 22.9 Å². The molecule has 3 heterocycles. The van der Waals surface area contributed by atoms with Crippen LogP contribution in [0.2, 0.25) is 0 Å². The molecule has 210 valence electrons. The van der Waals surface area contributed by atoms with Crippen molar-refractivity contribution in [1.29, 1.82) is 0 Å². The van der Waals surface area contributed by atoms with Crippen molar-refractivity contribution in [2.75, 3.05) is 12.4 Å². The highest BCUT2D eigenvalue weighted by atomic mass is 16.5. The molecular weight excluding hydrogens is 532 g/mol. The standard InChI is InChI=1S/C33H28N4O5/c1-33(2)15-13-27-24(30(33)38)18-25(32(40)37(27)20-7-5-4-6-8-20)31(39)36-29-12-10-22(19-35-29)42-28-14-16-34-26-17-21(41-3)9-11-23(26)28/h4-12,14,16-19H,13,15H2,1-3H3,(H,35,36,39). The molecular formula is C33H28N4O5. The van der Waals surface area contributed by atoms with Crippen molar-refractivity contribution < 1.29 is 19.1 Å². The van der Waals surface area contributed by atoms with Gasteiger partial charge >= 0.3 is 0 Å². The Balaban J connectivity index is 1.29. The van der Waals surface area contributed by atoms with Gasteiger partial charge in [-0.05, 0) is 61.4 Å². The highest BCUT2D eigenvalue weighted by Gasteiger charge is 2.37. The zero-order valence-electron chi connectivity index (χ0n) is 23.4. The third-order valence-corrected chi connectivity index (χ3v) is 7.52. The van der Waals surface area contributed by atoms with Gasteiger partial charge in [0.15, 0.2) is 5.78 Å². The molecule has 9 heteroatoms. The van der Waals surface area contributed by atoms with Gasteiger partial charge in [0.1, 0.15) is 28.6 Å². The van der Waals surface area contributed by atoms with Gasteiger partial charge in [0.25, 0.3) is 11.5 Å². The van der Waals surface area contributed by atoms with E-state index in [-0.39, 0.29) is 17.2 Å². The van der Waals surface area contributed by atoms with E-state index >= 15 is 0 Å². The Labute approximate surface area is 241 Å². The molecule has 0 unspecified atom stereocenters. The SMILES string of the molecule is COc1ccc2c(Oc3ccc(NC(=O)c4cc5c(n(-c6ccccc6)c4=O)CCC(C)(C)C5=O)nc3)ccnc2c1. The third-order valence-electron chi connectivity index (χ3n) is 7.52. The number of amides is 1. The summed E-state index contributed by atoms with van der Waals surface area (Å²) < 4.78 is 12.8. The molecule has 0 spiro atoms. The van der Waals surface area contributed by atoms with E-state index in [1.54, 1.807) is 43.6 Å². The van der Waals surface area contributed by atoms with Crippen LogP contribution in [0.5, 0.6) is 17.2 Å². The number of hydrogen-bond donors (Lipinski definition) is 1. The lowest BCUT2D eigenvalue weighted by Gasteiger charge is -2.31. The van der Waals surface area contributed by atoms with Gasteiger partial charge in [-0.1, -0.05) is 32.0 Å². The number of methoxy groups -OCH3 is 1. The number of anilines is 1. The number of aromatic nitrogens is 3. The molecule has 1 aliphatic rings. The van der Waals surface area contributed by atoms with Crippen LogP contribution in [-0.4, -0.2) is 33.3 Å². The van der Waals surface area contributed by atoms with Crippen LogP contribution in [0.3, 0.4) is 0 Å². The quantitative estimate of drug-likeness (QED) is 0.271. The van der Waals surface area contributed by atoms with Crippen LogP contribution in [0, 0.1) is 5.41 Å². The molecule has 0 bridgehead atoms. The Morgan fingerprint density at radius 2 is 1.74 bits per heavy atom. The Morgan fingerprint density at radius 3 is 2.48 bits per heavy atom. The second-order valence-corrected chi connectivity index (χ2v) is 10.7. The Bertz CT molecular complexity index is 1900. The van der Waals surface area contributed by atoms with Gasteiger partial charge in [0.05, 0.1) is 18.8 Å². The van der Waals surface area contributed by atoms with E-state index in [2.05, 4.69) is 15.3 Å². The van der Waals surface area contributed by atoms with E-state index in [0.29, 0.717) is 47.0 Å². The van der Waals surface area contributed by atoms with Crippen molar-refractivity contribution in [3.05, 3.63) is 112 Å². The molecule has 3 aromatic heterocycles. The number of carbonyl (C=O) groups is 2. The molecule has 0 aliphatic heterocycles. The molecule has 42 heavy (non-hydrogen) atoms. The van der Waals surface area contributed by atoms with Crippen LogP contribution in [0.1, 0.15) is 46.7 Å². The fourth-order valence-electron chi connectivity index (χ4n) is 5.16. The van der Waals surface area contributed by atoms with Crippen molar-refractivity contribution in [1.82, 2.24) is 14.5 Å². The monoisotopic (exact) mass is 560 g/mol. The summed E-state index contributed by atoms with van der Waals surface area (Å²) in [6, 6.07) is 21.0. The van der Waals surface area contributed by atoms with Crippen molar-refractivity contribution in [2.24, 2.45) is 5.41 Å². The molecule has 6 rings (SSSR count). The summed E-state index contributed by atoms with van der Waals surface area (Å²) in [5.74, 6) is 1.21. The van der Waals surface area contributed by atoms with Gasteiger partial charge in [-0.2, -0.15) is 0 Å². The molecule has 9 nitrogen and oxygen atoms in total. The zero-order chi connectivity index (χ0) is 29.4. The highest BCUT2D eigenvalue weighted by Crippen LogP contribution is 2.35. The lowest BCUT2D eigenvalue weighted by Crippen LogP contribution is -2.38. The molecule has 0 saturated carbocycles. The van der Waals surface area contributed by atoms with Crippen molar-refractivity contribution in [2.45, 2.75) is 26.7 Å². The lowest BCUT2D eigenvalue weighted by molar-refractivity contribution is 0.0808. The maximum atomic E-state index is 13.7. The summed E-state index contributed by atoms with van der Waals surface area (Å²) in [5.41, 5.74) is 1.10. The van der Waals surface area contributed by atoms with Gasteiger partial charge in [-0.3, -0.25) is 23.9 Å². The lowest BCUT2D eigenvalue weighted by atomic mass is 9.74. The average molecular weight is 561 g/mol. The molecule has 0 saturated heterocycles. The average Bonchev–Trinajstić information content (AvgIpc) is 3.00. The fourth-order valence-corrected chi connectivity index (χ4v) is 5.16. The van der Waals surface area contributed by atoms with Gasteiger partial charge < -0.3 is 14.8 Å². The van der Waals surface area contributed by atoms with Crippen LogP contribution in [0.15, 0.2) is 90.0 Å². The molecule has 1 aliphatic carbocycles. The third kappa shape index (κ3) is 4.89. The second kappa shape index (κ2) is 10.6. The predicted octanol–water partition coefficient (Wildman–Crippen LogP) is 5.99. The first-order valence-corrected chi connectivity index (χ1v) is 13.5. The number of nitrogens with zero attached hydrogens (tertiary/aromatic N) is 3. The van der Waals surface area contributed by atoms with Gasteiger partial charge in [0.2, 0.25) is 0 Å². The van der Waals surface area contributed by atoms with Crippen LogP contribution in [0.25, 0.3) is 16.6 Å². The minimum absolute atomic E-state index is 0.0933. The van der Waals surface area contributed by atoms with Crippen LogP contribution in [0.4, 0.5) is 5.82 Å². The predicted molar refractivity (Wildman–Crippen MR) is 159 cm³/mol. The Morgan fingerprint density at radius 1 is 0.952 bits per heavy atom. The number of fused-ring (bicyclic) bond motifs is 2. The van der Waals surface area contributed by atoms with E-state index in [9.17, 15) is 14.4 Å². The first kappa shape index (κ1) is 26.9. The van der Waals surface area contributed by atoms with E-state index < -0.39 is 16.9 Å². The molecule has 0 radical (unpaired) electrons. The summed E-state index contributed by atoms with van der Waals surface area (Å²) in [7, 11) is 1.60. The molecule has 5 aromatic rings. The topological polar surface area (TPSA) is 112 Å². The van der Waals surface area contributed by atoms with Crippen molar-refractivity contribution >= 4 is 28.4 Å². The molecule has 0 atom stereocenters. The maximum Gasteiger partial charge on any atom is 0.268 e.